The van der Waals surface area contributed by atoms with Crippen LogP contribution in [0.4, 0.5) is 5.13 Å². The summed E-state index contributed by atoms with van der Waals surface area (Å²) < 4.78 is 0. The molecule has 2 N–H and O–H groups in total. The lowest BCUT2D eigenvalue weighted by Crippen LogP contribution is -2.26. The van der Waals surface area contributed by atoms with Crippen LogP contribution in [-0.2, 0) is 6.42 Å². The van der Waals surface area contributed by atoms with Crippen LogP contribution in [0.3, 0.4) is 0 Å². The number of anilines is 1. The second-order valence-corrected chi connectivity index (χ2v) is 5.01. The Hall–Kier alpha value is -1.95. The lowest BCUT2D eigenvalue weighted by Gasteiger charge is -2.00. The van der Waals surface area contributed by atoms with Crippen LogP contribution in [-0.4, -0.2) is 29.2 Å². The fraction of sp³-hybridized carbons (Fsp3) is 0.250. The molecule has 1 aliphatic heterocycles. The molecule has 3 rings (SSSR count). The number of aromatic nitrogens is 2. The molecule has 92 valence electrons. The molecule has 0 unspecified atom stereocenters. The maximum Gasteiger partial charge on any atom is 0.212 e. The first-order valence-corrected chi connectivity index (χ1v) is 6.63. The van der Waals surface area contributed by atoms with Crippen LogP contribution >= 0.6 is 11.3 Å². The van der Waals surface area contributed by atoms with Crippen molar-refractivity contribution in [1.29, 1.82) is 0 Å². The van der Waals surface area contributed by atoms with Gasteiger partial charge in [0.2, 0.25) is 5.13 Å². The molecule has 1 aliphatic rings. The van der Waals surface area contributed by atoms with Crippen molar-refractivity contribution in [1.82, 2.24) is 15.5 Å². The van der Waals surface area contributed by atoms with Gasteiger partial charge in [-0.1, -0.05) is 41.7 Å². The molecule has 2 heterocycles. The fourth-order valence-electron chi connectivity index (χ4n) is 1.73. The van der Waals surface area contributed by atoms with E-state index in [1.807, 2.05) is 18.2 Å². The molecule has 0 bridgehead atoms. The maximum atomic E-state index is 4.26. The number of guanidine groups is 1. The van der Waals surface area contributed by atoms with E-state index in [4.69, 9.17) is 0 Å². The summed E-state index contributed by atoms with van der Waals surface area (Å²) in [6.45, 7) is 1.70. The van der Waals surface area contributed by atoms with Gasteiger partial charge < -0.3 is 10.6 Å². The summed E-state index contributed by atoms with van der Waals surface area (Å²) in [4.78, 5) is 4.26. The molecule has 6 heteroatoms. The minimum Gasteiger partial charge on any atom is -0.354 e. The smallest absolute Gasteiger partial charge is 0.212 e. The Labute approximate surface area is 109 Å². The van der Waals surface area contributed by atoms with Gasteiger partial charge in [0.15, 0.2) is 5.96 Å². The van der Waals surface area contributed by atoms with E-state index in [0.717, 1.165) is 35.6 Å². The molecule has 0 atom stereocenters. The Bertz CT molecular complexity index is 549. The third-order valence-corrected chi connectivity index (χ3v) is 3.40. The summed E-state index contributed by atoms with van der Waals surface area (Å²) in [5.41, 5.74) is 1.25. The molecule has 0 spiro atoms. The monoisotopic (exact) mass is 259 g/mol. The first-order valence-electron chi connectivity index (χ1n) is 5.82. The van der Waals surface area contributed by atoms with E-state index in [2.05, 4.69) is 38.0 Å². The van der Waals surface area contributed by atoms with E-state index < -0.39 is 0 Å². The number of nitrogens with one attached hydrogen (secondary N) is 2. The normalized spacial score (nSPS) is 14.1. The van der Waals surface area contributed by atoms with E-state index in [1.165, 1.54) is 5.56 Å². The molecule has 0 radical (unpaired) electrons. The van der Waals surface area contributed by atoms with Gasteiger partial charge in [-0.2, -0.15) is 0 Å². The SMILES string of the molecule is c1ccc(Cc2nnc(NC3=NCCN3)s2)cc1. The highest BCUT2D eigenvalue weighted by Gasteiger charge is 2.09. The largest absolute Gasteiger partial charge is 0.354 e. The minimum absolute atomic E-state index is 0.786. The number of hydrogen-bond acceptors (Lipinski definition) is 6. The van der Waals surface area contributed by atoms with Crippen LogP contribution in [0.1, 0.15) is 10.6 Å². The lowest BCUT2D eigenvalue weighted by atomic mass is 10.2. The van der Waals surface area contributed by atoms with Gasteiger partial charge in [-0.15, -0.1) is 10.2 Å². The molecule has 2 aromatic rings. The molecule has 0 saturated carbocycles. The van der Waals surface area contributed by atoms with Crippen LogP contribution in [0.15, 0.2) is 35.3 Å². The number of rotatable bonds is 3. The van der Waals surface area contributed by atoms with Crippen LogP contribution in [0.5, 0.6) is 0 Å². The highest BCUT2D eigenvalue weighted by atomic mass is 32.1. The Kier molecular flexibility index (Phi) is 3.18. The Morgan fingerprint density at radius 2 is 2.11 bits per heavy atom. The zero-order valence-electron chi connectivity index (χ0n) is 9.76. The van der Waals surface area contributed by atoms with Gasteiger partial charge in [0.05, 0.1) is 6.54 Å². The van der Waals surface area contributed by atoms with Gasteiger partial charge >= 0.3 is 0 Å². The Balaban J connectivity index is 1.66. The van der Waals surface area contributed by atoms with Crippen molar-refractivity contribution in [3.8, 4) is 0 Å². The second kappa shape index (κ2) is 5.14. The summed E-state index contributed by atoms with van der Waals surface area (Å²) >= 11 is 1.56. The average molecular weight is 259 g/mol. The third kappa shape index (κ3) is 2.65. The van der Waals surface area contributed by atoms with Gasteiger partial charge in [0.25, 0.3) is 0 Å². The maximum absolute atomic E-state index is 4.26. The van der Waals surface area contributed by atoms with Crippen molar-refractivity contribution < 1.29 is 0 Å². The van der Waals surface area contributed by atoms with E-state index in [-0.39, 0.29) is 0 Å². The van der Waals surface area contributed by atoms with Crippen molar-refractivity contribution in [3.05, 3.63) is 40.9 Å². The van der Waals surface area contributed by atoms with Crippen molar-refractivity contribution >= 4 is 22.4 Å². The topological polar surface area (TPSA) is 62.2 Å². The summed E-state index contributed by atoms with van der Waals surface area (Å²) in [6, 6.07) is 10.3. The van der Waals surface area contributed by atoms with E-state index in [1.54, 1.807) is 11.3 Å². The molecule has 1 aromatic heterocycles. The number of aliphatic imine (C=N–C) groups is 1. The minimum atomic E-state index is 0.786. The zero-order chi connectivity index (χ0) is 12.2. The molecule has 1 aromatic carbocycles. The van der Waals surface area contributed by atoms with Gasteiger partial charge in [-0.3, -0.25) is 4.99 Å². The quantitative estimate of drug-likeness (QED) is 0.877. The first-order chi connectivity index (χ1) is 8.90. The third-order valence-electron chi connectivity index (χ3n) is 2.56. The molecule has 0 saturated heterocycles. The van der Waals surface area contributed by atoms with Crippen LogP contribution in [0, 0.1) is 0 Å². The molecule has 0 aliphatic carbocycles. The van der Waals surface area contributed by atoms with Crippen molar-refractivity contribution in [2.45, 2.75) is 6.42 Å². The van der Waals surface area contributed by atoms with Gasteiger partial charge in [-0.25, -0.2) is 0 Å². The first kappa shape index (κ1) is 11.2. The highest BCUT2D eigenvalue weighted by molar-refractivity contribution is 7.15. The Morgan fingerprint density at radius 3 is 2.89 bits per heavy atom. The second-order valence-electron chi connectivity index (χ2n) is 3.95. The number of hydrogen-bond donors (Lipinski definition) is 2. The molecular formula is C12H13N5S. The number of nitrogens with zero attached hydrogens (tertiary/aromatic N) is 3. The predicted molar refractivity (Wildman–Crippen MR) is 73.1 cm³/mol. The standard InChI is InChI=1S/C12H13N5S/c1-2-4-9(5-3-1)8-10-16-17-12(18-10)15-11-13-6-7-14-11/h1-5H,6-8H2,(H2,13,14,15,17). The van der Waals surface area contributed by atoms with Gasteiger partial charge in [-0.05, 0) is 5.56 Å². The average Bonchev–Trinajstić information content (AvgIpc) is 3.03. The van der Waals surface area contributed by atoms with E-state index in [0.29, 0.717) is 0 Å². The number of benzene rings is 1. The van der Waals surface area contributed by atoms with Crippen molar-refractivity contribution in [2.75, 3.05) is 18.4 Å². The van der Waals surface area contributed by atoms with E-state index >= 15 is 0 Å². The summed E-state index contributed by atoms with van der Waals surface area (Å²) in [5, 5.41) is 16.4. The van der Waals surface area contributed by atoms with E-state index in [9.17, 15) is 0 Å². The fourth-order valence-corrected chi connectivity index (χ4v) is 2.50. The van der Waals surface area contributed by atoms with Gasteiger partial charge in [0, 0.05) is 13.0 Å². The van der Waals surface area contributed by atoms with Crippen LogP contribution in [0.2, 0.25) is 0 Å². The van der Waals surface area contributed by atoms with Gasteiger partial charge in [0.1, 0.15) is 5.01 Å². The molecule has 0 fully saturated rings. The van der Waals surface area contributed by atoms with Crippen LogP contribution < -0.4 is 10.6 Å². The lowest BCUT2D eigenvalue weighted by molar-refractivity contribution is 0.958. The zero-order valence-corrected chi connectivity index (χ0v) is 10.6. The molecule has 5 nitrogen and oxygen atoms in total. The summed E-state index contributed by atoms with van der Waals surface area (Å²) in [7, 11) is 0. The predicted octanol–water partition coefficient (Wildman–Crippen LogP) is 1.50. The summed E-state index contributed by atoms with van der Waals surface area (Å²) in [6.07, 6.45) is 0.820. The summed E-state index contributed by atoms with van der Waals surface area (Å²) in [5.74, 6) is 0.789. The molecule has 18 heavy (non-hydrogen) atoms. The van der Waals surface area contributed by atoms with Crippen molar-refractivity contribution in [2.24, 2.45) is 4.99 Å². The molecular weight excluding hydrogens is 246 g/mol. The molecule has 0 amide bonds. The Morgan fingerprint density at radius 1 is 1.22 bits per heavy atom. The highest BCUT2D eigenvalue weighted by Crippen LogP contribution is 2.18. The van der Waals surface area contributed by atoms with Crippen molar-refractivity contribution in [3.63, 3.8) is 0 Å². The van der Waals surface area contributed by atoms with Crippen LogP contribution in [0.25, 0.3) is 0 Å².